The second-order valence-electron chi connectivity index (χ2n) is 5.14. The Labute approximate surface area is 106 Å². The number of nitrogens with zero attached hydrogens (tertiary/aromatic N) is 1. The van der Waals surface area contributed by atoms with Crippen molar-refractivity contribution < 1.29 is 0 Å². The van der Waals surface area contributed by atoms with Gasteiger partial charge in [-0.1, -0.05) is 65.2 Å². The van der Waals surface area contributed by atoms with Crippen molar-refractivity contribution in [2.75, 3.05) is 0 Å². The molecule has 2 nitrogen and oxygen atoms in total. The van der Waals surface area contributed by atoms with E-state index in [0.717, 1.165) is 5.92 Å². The Bertz CT molecular complexity index is 244. The molecular formula is C15H28N2. The number of hydrogen-bond donors (Lipinski definition) is 1. The summed E-state index contributed by atoms with van der Waals surface area (Å²) in [6, 6.07) is 2.12. The smallest absolute Gasteiger partial charge is 0.0490 e. The molecule has 1 aromatic rings. The number of nitrogens with one attached hydrogen (secondary N) is 1. The zero-order valence-electron chi connectivity index (χ0n) is 11.5. The lowest BCUT2D eigenvalue weighted by Crippen LogP contribution is -2.05. The van der Waals surface area contributed by atoms with Crippen LogP contribution in [-0.2, 0) is 6.42 Å². The van der Waals surface area contributed by atoms with Crippen LogP contribution in [0.25, 0.3) is 0 Å². The highest BCUT2D eigenvalue weighted by Gasteiger charge is 2.10. The SMILES string of the molecule is CCCCCC(CCCCC)Cc1ccn[nH]1. The van der Waals surface area contributed by atoms with Crippen molar-refractivity contribution in [3.8, 4) is 0 Å². The molecule has 0 amide bonds. The highest BCUT2D eigenvalue weighted by Crippen LogP contribution is 2.21. The van der Waals surface area contributed by atoms with Gasteiger partial charge in [-0.25, -0.2) is 0 Å². The van der Waals surface area contributed by atoms with E-state index in [1.807, 2.05) is 6.20 Å². The maximum absolute atomic E-state index is 4.04. The van der Waals surface area contributed by atoms with Crippen molar-refractivity contribution in [2.24, 2.45) is 5.92 Å². The summed E-state index contributed by atoms with van der Waals surface area (Å²) in [5.74, 6) is 0.855. The highest BCUT2D eigenvalue weighted by molar-refractivity contribution is 4.98. The molecule has 0 aromatic carbocycles. The first-order valence-corrected chi connectivity index (χ1v) is 7.35. The molecule has 98 valence electrons. The van der Waals surface area contributed by atoms with Gasteiger partial charge in [0.05, 0.1) is 0 Å². The summed E-state index contributed by atoms with van der Waals surface area (Å²) in [7, 11) is 0. The van der Waals surface area contributed by atoms with Gasteiger partial charge in [-0.2, -0.15) is 5.10 Å². The quantitative estimate of drug-likeness (QED) is 0.585. The third kappa shape index (κ3) is 6.50. The van der Waals surface area contributed by atoms with E-state index >= 15 is 0 Å². The van der Waals surface area contributed by atoms with Crippen molar-refractivity contribution in [1.82, 2.24) is 10.2 Å². The number of unbranched alkanes of at least 4 members (excludes halogenated alkanes) is 4. The maximum atomic E-state index is 4.04. The molecule has 1 heterocycles. The third-order valence-corrected chi connectivity index (χ3v) is 3.50. The van der Waals surface area contributed by atoms with E-state index in [1.165, 1.54) is 63.5 Å². The van der Waals surface area contributed by atoms with E-state index in [4.69, 9.17) is 0 Å². The van der Waals surface area contributed by atoms with Gasteiger partial charge in [-0.15, -0.1) is 0 Å². The van der Waals surface area contributed by atoms with Crippen LogP contribution < -0.4 is 0 Å². The molecule has 0 saturated carbocycles. The number of rotatable bonds is 10. The van der Waals surface area contributed by atoms with Gasteiger partial charge < -0.3 is 0 Å². The lowest BCUT2D eigenvalue weighted by atomic mass is 9.91. The van der Waals surface area contributed by atoms with Crippen LogP contribution in [0, 0.1) is 5.92 Å². The van der Waals surface area contributed by atoms with E-state index in [0.29, 0.717) is 0 Å². The molecule has 17 heavy (non-hydrogen) atoms. The van der Waals surface area contributed by atoms with Crippen molar-refractivity contribution in [2.45, 2.75) is 71.6 Å². The minimum atomic E-state index is 0.855. The summed E-state index contributed by atoms with van der Waals surface area (Å²) in [6.07, 6.45) is 14.0. The fraction of sp³-hybridized carbons (Fsp3) is 0.800. The molecule has 0 unspecified atom stereocenters. The summed E-state index contributed by atoms with van der Waals surface area (Å²) >= 11 is 0. The van der Waals surface area contributed by atoms with Crippen LogP contribution in [0.15, 0.2) is 12.3 Å². The molecule has 1 N–H and O–H groups in total. The number of hydrogen-bond acceptors (Lipinski definition) is 1. The maximum Gasteiger partial charge on any atom is 0.0490 e. The van der Waals surface area contributed by atoms with E-state index in [9.17, 15) is 0 Å². The lowest BCUT2D eigenvalue weighted by Gasteiger charge is -2.15. The second-order valence-corrected chi connectivity index (χ2v) is 5.14. The molecule has 0 aliphatic rings. The number of aromatic nitrogens is 2. The number of H-pyrrole nitrogens is 1. The molecule has 0 atom stereocenters. The Morgan fingerprint density at radius 3 is 2.18 bits per heavy atom. The van der Waals surface area contributed by atoms with Gasteiger partial charge in [0.2, 0.25) is 0 Å². The van der Waals surface area contributed by atoms with Gasteiger partial charge in [-0.3, -0.25) is 5.10 Å². The first-order valence-electron chi connectivity index (χ1n) is 7.35. The Balaban J connectivity index is 2.29. The van der Waals surface area contributed by atoms with Crippen LogP contribution in [0.5, 0.6) is 0 Å². The standard InChI is InChI=1S/C15H28N2/c1-3-5-7-9-14(10-8-6-4-2)13-15-11-12-16-17-15/h11-12,14H,3-10,13H2,1-2H3,(H,16,17). The van der Waals surface area contributed by atoms with E-state index in [1.54, 1.807) is 0 Å². The molecule has 0 fully saturated rings. The summed E-state index contributed by atoms with van der Waals surface area (Å²) < 4.78 is 0. The van der Waals surface area contributed by atoms with Crippen molar-refractivity contribution in [3.63, 3.8) is 0 Å². The van der Waals surface area contributed by atoms with Crippen LogP contribution >= 0.6 is 0 Å². The predicted molar refractivity (Wildman–Crippen MR) is 74.1 cm³/mol. The molecule has 1 rings (SSSR count). The zero-order valence-corrected chi connectivity index (χ0v) is 11.5. The Morgan fingerprint density at radius 2 is 1.71 bits per heavy atom. The van der Waals surface area contributed by atoms with E-state index in [2.05, 4.69) is 30.1 Å². The van der Waals surface area contributed by atoms with Crippen molar-refractivity contribution in [3.05, 3.63) is 18.0 Å². The van der Waals surface area contributed by atoms with Gasteiger partial charge >= 0.3 is 0 Å². The van der Waals surface area contributed by atoms with Gasteiger partial charge in [-0.05, 0) is 18.4 Å². The fourth-order valence-corrected chi connectivity index (χ4v) is 2.42. The van der Waals surface area contributed by atoms with Crippen LogP contribution in [0.4, 0.5) is 0 Å². The zero-order chi connectivity index (χ0) is 12.3. The van der Waals surface area contributed by atoms with Crippen LogP contribution in [-0.4, -0.2) is 10.2 Å². The Kier molecular flexibility index (Phi) is 7.78. The summed E-state index contributed by atoms with van der Waals surface area (Å²) in [6.45, 7) is 4.56. The second kappa shape index (κ2) is 9.26. The normalized spacial score (nSPS) is 11.2. The van der Waals surface area contributed by atoms with Crippen molar-refractivity contribution in [1.29, 1.82) is 0 Å². The van der Waals surface area contributed by atoms with Crippen LogP contribution in [0.2, 0.25) is 0 Å². The first kappa shape index (κ1) is 14.3. The Hall–Kier alpha value is -0.790. The van der Waals surface area contributed by atoms with E-state index < -0.39 is 0 Å². The highest BCUT2D eigenvalue weighted by atomic mass is 15.1. The minimum absolute atomic E-state index is 0.855. The molecule has 0 bridgehead atoms. The molecule has 0 aliphatic heterocycles. The average Bonchev–Trinajstić information content (AvgIpc) is 2.82. The topological polar surface area (TPSA) is 28.7 Å². The molecule has 0 saturated heterocycles. The van der Waals surface area contributed by atoms with E-state index in [-0.39, 0.29) is 0 Å². The summed E-state index contributed by atoms with van der Waals surface area (Å²) in [5, 5.41) is 7.14. The van der Waals surface area contributed by atoms with Gasteiger partial charge in [0.15, 0.2) is 0 Å². The van der Waals surface area contributed by atoms with Gasteiger partial charge in [0.25, 0.3) is 0 Å². The number of aromatic amines is 1. The molecule has 2 heteroatoms. The lowest BCUT2D eigenvalue weighted by molar-refractivity contribution is 0.405. The average molecular weight is 236 g/mol. The predicted octanol–water partition coefficient (Wildman–Crippen LogP) is 4.73. The van der Waals surface area contributed by atoms with Gasteiger partial charge in [0.1, 0.15) is 0 Å². The van der Waals surface area contributed by atoms with Crippen LogP contribution in [0.3, 0.4) is 0 Å². The largest absolute Gasteiger partial charge is 0.283 e. The minimum Gasteiger partial charge on any atom is -0.283 e. The van der Waals surface area contributed by atoms with Gasteiger partial charge in [0, 0.05) is 11.9 Å². The summed E-state index contributed by atoms with van der Waals surface area (Å²) in [4.78, 5) is 0. The third-order valence-electron chi connectivity index (χ3n) is 3.50. The molecule has 1 aromatic heterocycles. The molecule has 0 radical (unpaired) electrons. The van der Waals surface area contributed by atoms with Crippen LogP contribution in [0.1, 0.15) is 70.9 Å². The van der Waals surface area contributed by atoms with Crippen molar-refractivity contribution >= 4 is 0 Å². The summed E-state index contributed by atoms with van der Waals surface area (Å²) in [5.41, 5.74) is 1.31. The first-order chi connectivity index (χ1) is 8.36. The molecule has 0 aliphatic carbocycles. The molecular weight excluding hydrogens is 208 g/mol. The fourth-order valence-electron chi connectivity index (χ4n) is 2.42. The monoisotopic (exact) mass is 236 g/mol. The molecule has 0 spiro atoms. The Morgan fingerprint density at radius 1 is 1.06 bits per heavy atom.